The molecule has 0 fully saturated rings. The molecule has 24 heavy (non-hydrogen) atoms. The molecule has 122 valence electrons. The van der Waals surface area contributed by atoms with Crippen LogP contribution in [-0.4, -0.2) is 15.5 Å². The predicted molar refractivity (Wildman–Crippen MR) is 96.1 cm³/mol. The van der Waals surface area contributed by atoms with Gasteiger partial charge in [-0.15, -0.1) is 0 Å². The van der Waals surface area contributed by atoms with E-state index < -0.39 is 0 Å². The number of imidazole rings is 1. The molecular formula is C20H21N3O. The number of anilines is 1. The Morgan fingerprint density at radius 2 is 1.88 bits per heavy atom. The number of aromatic nitrogens is 2. The Labute approximate surface area is 141 Å². The van der Waals surface area contributed by atoms with E-state index in [1.165, 1.54) is 5.52 Å². The van der Waals surface area contributed by atoms with Crippen LogP contribution in [0.25, 0.3) is 11.0 Å². The average molecular weight is 319 g/mol. The lowest BCUT2D eigenvalue weighted by atomic mass is 9.96. The SMILES string of the molecule is Cc1cccc(C)c1NC(=O)[C@@H]1CCn2c(nc3ccccc32)C1. The highest BCUT2D eigenvalue weighted by atomic mass is 16.1. The molecule has 2 aromatic carbocycles. The van der Waals surface area contributed by atoms with Crippen LogP contribution < -0.4 is 5.32 Å². The first kappa shape index (κ1) is 14.9. The molecule has 1 amide bonds. The zero-order valence-corrected chi connectivity index (χ0v) is 14.0. The van der Waals surface area contributed by atoms with Crippen LogP contribution in [-0.2, 0) is 17.8 Å². The van der Waals surface area contributed by atoms with Crippen molar-refractivity contribution in [2.24, 2.45) is 5.92 Å². The summed E-state index contributed by atoms with van der Waals surface area (Å²) in [5.74, 6) is 1.10. The number of nitrogens with zero attached hydrogens (tertiary/aromatic N) is 2. The Hall–Kier alpha value is -2.62. The van der Waals surface area contributed by atoms with Gasteiger partial charge in [-0.05, 0) is 43.5 Å². The monoisotopic (exact) mass is 319 g/mol. The minimum absolute atomic E-state index is 0.0201. The van der Waals surface area contributed by atoms with E-state index in [1.54, 1.807) is 0 Å². The molecule has 4 rings (SSSR count). The van der Waals surface area contributed by atoms with Crippen LogP contribution in [0.3, 0.4) is 0 Å². The highest BCUT2D eigenvalue weighted by molar-refractivity contribution is 5.94. The van der Waals surface area contributed by atoms with Crippen LogP contribution in [0.4, 0.5) is 5.69 Å². The van der Waals surface area contributed by atoms with Crippen molar-refractivity contribution in [1.82, 2.24) is 9.55 Å². The van der Waals surface area contributed by atoms with E-state index in [0.717, 1.165) is 41.1 Å². The molecule has 1 atom stereocenters. The molecule has 0 unspecified atom stereocenters. The second-order valence-electron chi connectivity index (χ2n) is 6.61. The molecule has 0 spiro atoms. The Balaban J connectivity index is 1.57. The summed E-state index contributed by atoms with van der Waals surface area (Å²) in [7, 11) is 0. The van der Waals surface area contributed by atoms with Crippen molar-refractivity contribution in [2.75, 3.05) is 5.32 Å². The highest BCUT2D eigenvalue weighted by Gasteiger charge is 2.27. The lowest BCUT2D eigenvalue weighted by molar-refractivity contribution is -0.120. The van der Waals surface area contributed by atoms with E-state index in [1.807, 2.05) is 50.2 Å². The molecule has 1 aromatic heterocycles. The number of nitrogens with one attached hydrogen (secondary N) is 1. The van der Waals surface area contributed by atoms with Gasteiger partial charge in [0.15, 0.2) is 0 Å². The number of carbonyl (C=O) groups excluding carboxylic acids is 1. The van der Waals surface area contributed by atoms with Gasteiger partial charge in [0, 0.05) is 24.6 Å². The topological polar surface area (TPSA) is 46.9 Å². The van der Waals surface area contributed by atoms with Gasteiger partial charge >= 0.3 is 0 Å². The predicted octanol–water partition coefficient (Wildman–Crippen LogP) is 3.85. The summed E-state index contributed by atoms with van der Waals surface area (Å²) in [5, 5.41) is 3.14. The molecule has 0 saturated carbocycles. The highest BCUT2D eigenvalue weighted by Crippen LogP contribution is 2.27. The molecule has 0 aliphatic carbocycles. The third-order valence-electron chi connectivity index (χ3n) is 4.96. The van der Waals surface area contributed by atoms with Gasteiger partial charge in [-0.2, -0.15) is 0 Å². The third kappa shape index (κ3) is 2.48. The van der Waals surface area contributed by atoms with E-state index in [-0.39, 0.29) is 11.8 Å². The van der Waals surface area contributed by atoms with Gasteiger partial charge in [0.05, 0.1) is 11.0 Å². The maximum Gasteiger partial charge on any atom is 0.228 e. The van der Waals surface area contributed by atoms with Crippen molar-refractivity contribution < 1.29 is 4.79 Å². The summed E-state index contributed by atoms with van der Waals surface area (Å²) in [4.78, 5) is 17.5. The van der Waals surface area contributed by atoms with Crippen molar-refractivity contribution in [1.29, 1.82) is 0 Å². The summed E-state index contributed by atoms with van der Waals surface area (Å²) < 4.78 is 2.25. The first-order chi connectivity index (χ1) is 11.6. The maximum atomic E-state index is 12.7. The van der Waals surface area contributed by atoms with Crippen LogP contribution in [0, 0.1) is 19.8 Å². The van der Waals surface area contributed by atoms with Crippen LogP contribution in [0.1, 0.15) is 23.4 Å². The molecule has 2 heterocycles. The molecule has 0 bridgehead atoms. The summed E-state index contributed by atoms with van der Waals surface area (Å²) in [6.45, 7) is 4.91. The van der Waals surface area contributed by atoms with E-state index in [9.17, 15) is 4.79 Å². The number of amides is 1. The number of aryl methyl sites for hydroxylation is 3. The minimum Gasteiger partial charge on any atom is -0.328 e. The first-order valence-corrected chi connectivity index (χ1v) is 8.44. The Morgan fingerprint density at radius 1 is 1.12 bits per heavy atom. The van der Waals surface area contributed by atoms with Gasteiger partial charge in [0.1, 0.15) is 5.82 Å². The summed E-state index contributed by atoms with van der Waals surface area (Å²) in [6, 6.07) is 14.3. The lowest BCUT2D eigenvalue weighted by Crippen LogP contribution is -2.30. The van der Waals surface area contributed by atoms with Crippen molar-refractivity contribution >= 4 is 22.6 Å². The number of rotatable bonds is 2. The summed E-state index contributed by atoms with van der Waals surface area (Å²) in [6.07, 6.45) is 1.55. The molecule has 3 aromatic rings. The number of carbonyl (C=O) groups is 1. The average Bonchev–Trinajstić information content (AvgIpc) is 2.96. The zero-order valence-electron chi connectivity index (χ0n) is 14.0. The molecule has 1 N–H and O–H groups in total. The minimum atomic E-state index is -0.0201. The number of hydrogen-bond donors (Lipinski definition) is 1. The van der Waals surface area contributed by atoms with Crippen molar-refractivity contribution in [3.63, 3.8) is 0 Å². The Bertz CT molecular complexity index is 906. The van der Waals surface area contributed by atoms with Crippen molar-refractivity contribution in [3.05, 3.63) is 59.4 Å². The lowest BCUT2D eigenvalue weighted by Gasteiger charge is -2.24. The fourth-order valence-electron chi connectivity index (χ4n) is 3.60. The largest absolute Gasteiger partial charge is 0.328 e. The maximum absolute atomic E-state index is 12.7. The second-order valence-corrected chi connectivity index (χ2v) is 6.61. The summed E-state index contributed by atoms with van der Waals surface area (Å²) >= 11 is 0. The van der Waals surface area contributed by atoms with Gasteiger partial charge in [-0.25, -0.2) is 4.98 Å². The number of benzene rings is 2. The Morgan fingerprint density at radius 3 is 2.67 bits per heavy atom. The molecule has 0 saturated heterocycles. The van der Waals surface area contributed by atoms with Crippen molar-refractivity contribution in [3.8, 4) is 0 Å². The van der Waals surface area contributed by atoms with Gasteiger partial charge in [0.2, 0.25) is 5.91 Å². The zero-order chi connectivity index (χ0) is 16.7. The van der Waals surface area contributed by atoms with E-state index >= 15 is 0 Å². The third-order valence-corrected chi connectivity index (χ3v) is 4.96. The molecule has 4 heteroatoms. The van der Waals surface area contributed by atoms with Gasteiger partial charge in [0.25, 0.3) is 0 Å². The number of fused-ring (bicyclic) bond motifs is 3. The van der Waals surface area contributed by atoms with Gasteiger partial charge in [-0.3, -0.25) is 4.79 Å². The van der Waals surface area contributed by atoms with Gasteiger partial charge in [-0.1, -0.05) is 30.3 Å². The number of para-hydroxylation sites is 3. The van der Waals surface area contributed by atoms with E-state index in [4.69, 9.17) is 4.98 Å². The van der Waals surface area contributed by atoms with Crippen molar-refractivity contribution in [2.45, 2.75) is 33.2 Å². The quantitative estimate of drug-likeness (QED) is 0.780. The fourth-order valence-corrected chi connectivity index (χ4v) is 3.60. The smallest absolute Gasteiger partial charge is 0.228 e. The first-order valence-electron chi connectivity index (χ1n) is 8.44. The van der Waals surface area contributed by atoms with Gasteiger partial charge < -0.3 is 9.88 Å². The molecule has 0 radical (unpaired) electrons. The van der Waals surface area contributed by atoms with E-state index in [0.29, 0.717) is 6.42 Å². The van der Waals surface area contributed by atoms with Crippen LogP contribution >= 0.6 is 0 Å². The Kier molecular flexibility index (Phi) is 3.60. The summed E-state index contributed by atoms with van der Waals surface area (Å²) in [5.41, 5.74) is 5.34. The van der Waals surface area contributed by atoms with E-state index in [2.05, 4.69) is 16.0 Å². The standard InChI is InChI=1S/C20H21N3O/c1-13-6-5-7-14(2)19(13)22-20(24)15-10-11-23-17-9-4-3-8-16(17)21-18(23)12-15/h3-9,15H,10-12H2,1-2H3,(H,22,24)/t15-/m1/s1. The molecule has 1 aliphatic rings. The molecule has 1 aliphatic heterocycles. The fraction of sp³-hybridized carbons (Fsp3) is 0.300. The molecular weight excluding hydrogens is 298 g/mol. The molecule has 4 nitrogen and oxygen atoms in total. The normalized spacial score (nSPS) is 16.8. The van der Waals surface area contributed by atoms with Crippen LogP contribution in [0.15, 0.2) is 42.5 Å². The second kappa shape index (κ2) is 5.78. The number of hydrogen-bond acceptors (Lipinski definition) is 2. The van der Waals surface area contributed by atoms with Crippen LogP contribution in [0.2, 0.25) is 0 Å². The van der Waals surface area contributed by atoms with Crippen LogP contribution in [0.5, 0.6) is 0 Å².